The number of aromatic nitrogens is 3. The minimum atomic E-state index is 0.466. The van der Waals surface area contributed by atoms with Gasteiger partial charge in [0.05, 0.1) is 18.3 Å². The van der Waals surface area contributed by atoms with Crippen molar-refractivity contribution < 1.29 is 4.74 Å². The molecule has 0 saturated carbocycles. The van der Waals surface area contributed by atoms with E-state index in [1.54, 1.807) is 25.4 Å². The van der Waals surface area contributed by atoms with Crippen molar-refractivity contribution in [2.75, 3.05) is 30.4 Å². The molecule has 0 radical (unpaired) electrons. The van der Waals surface area contributed by atoms with E-state index in [0.29, 0.717) is 16.7 Å². The first-order valence-corrected chi connectivity index (χ1v) is 8.19. The fraction of sp³-hybridized carbons (Fsp3) is 0.438. The van der Waals surface area contributed by atoms with Gasteiger partial charge in [0.15, 0.2) is 5.82 Å². The van der Waals surface area contributed by atoms with E-state index >= 15 is 0 Å². The largest absolute Gasteiger partial charge is 0.495 e. The van der Waals surface area contributed by atoms with E-state index < -0.39 is 0 Å². The lowest BCUT2D eigenvalue weighted by atomic mass is 10.2. The van der Waals surface area contributed by atoms with Crippen LogP contribution < -0.4 is 15.0 Å². The molecule has 0 unspecified atom stereocenters. The van der Waals surface area contributed by atoms with Gasteiger partial charge in [0.1, 0.15) is 5.75 Å². The minimum absolute atomic E-state index is 0.466. The van der Waals surface area contributed by atoms with Gasteiger partial charge >= 0.3 is 0 Å². The van der Waals surface area contributed by atoms with Gasteiger partial charge < -0.3 is 15.0 Å². The second kappa shape index (κ2) is 7.46. The van der Waals surface area contributed by atoms with E-state index in [2.05, 4.69) is 25.4 Å². The summed E-state index contributed by atoms with van der Waals surface area (Å²) < 4.78 is 5.15. The summed E-state index contributed by atoms with van der Waals surface area (Å²) in [6, 6.07) is 5.45. The van der Waals surface area contributed by atoms with Crippen molar-refractivity contribution in [1.82, 2.24) is 15.2 Å². The Morgan fingerprint density at radius 1 is 1.17 bits per heavy atom. The number of ether oxygens (including phenoxy) is 1. The molecule has 1 aromatic heterocycles. The Kier molecular flexibility index (Phi) is 5.12. The molecule has 1 saturated heterocycles. The molecule has 1 fully saturated rings. The molecule has 0 amide bonds. The van der Waals surface area contributed by atoms with Crippen molar-refractivity contribution >= 4 is 29.1 Å². The Hall–Kier alpha value is -2.08. The lowest BCUT2D eigenvalue weighted by Gasteiger charge is -2.21. The van der Waals surface area contributed by atoms with Crippen LogP contribution >= 0.6 is 11.6 Å². The highest BCUT2D eigenvalue weighted by Crippen LogP contribution is 2.28. The molecule has 1 N–H and O–H groups in total. The Labute approximate surface area is 140 Å². The third-order valence-electron chi connectivity index (χ3n) is 3.88. The predicted molar refractivity (Wildman–Crippen MR) is 91.8 cm³/mol. The monoisotopic (exact) mass is 333 g/mol. The van der Waals surface area contributed by atoms with Gasteiger partial charge in [-0.1, -0.05) is 24.4 Å². The number of halogens is 1. The maximum absolute atomic E-state index is 6.14. The number of hydrogen-bond donors (Lipinski definition) is 1. The van der Waals surface area contributed by atoms with Crippen molar-refractivity contribution in [2.45, 2.75) is 25.7 Å². The van der Waals surface area contributed by atoms with Crippen LogP contribution in [0.3, 0.4) is 0 Å². The average Bonchev–Trinajstić information content (AvgIpc) is 2.85. The molecule has 1 aliphatic rings. The van der Waals surface area contributed by atoms with Crippen molar-refractivity contribution in [3.8, 4) is 5.75 Å². The molecule has 1 aliphatic heterocycles. The number of rotatable bonds is 4. The summed E-state index contributed by atoms with van der Waals surface area (Å²) in [5.74, 6) is 1.96. The summed E-state index contributed by atoms with van der Waals surface area (Å²) >= 11 is 6.14. The van der Waals surface area contributed by atoms with Gasteiger partial charge in [0.2, 0.25) is 5.95 Å². The van der Waals surface area contributed by atoms with Crippen LogP contribution in [0.4, 0.5) is 17.5 Å². The predicted octanol–water partition coefficient (Wildman–Crippen LogP) is 3.66. The number of methoxy groups -OCH3 is 1. The smallest absolute Gasteiger partial charge is 0.249 e. The van der Waals surface area contributed by atoms with Gasteiger partial charge in [-0.15, -0.1) is 5.10 Å². The van der Waals surface area contributed by atoms with Crippen molar-refractivity contribution in [3.63, 3.8) is 0 Å². The molecule has 7 heteroatoms. The molecule has 6 nitrogen and oxygen atoms in total. The summed E-state index contributed by atoms with van der Waals surface area (Å²) in [7, 11) is 1.59. The first-order valence-electron chi connectivity index (χ1n) is 7.81. The van der Waals surface area contributed by atoms with E-state index in [1.807, 2.05) is 6.07 Å². The highest BCUT2D eigenvalue weighted by atomic mass is 35.5. The topological polar surface area (TPSA) is 63.2 Å². The van der Waals surface area contributed by atoms with Crippen molar-refractivity contribution in [2.24, 2.45) is 0 Å². The molecule has 0 aliphatic carbocycles. The summed E-state index contributed by atoms with van der Waals surface area (Å²) in [6.45, 7) is 2.04. The summed E-state index contributed by atoms with van der Waals surface area (Å²) in [5.41, 5.74) is 0.797. The summed E-state index contributed by atoms with van der Waals surface area (Å²) in [6.07, 6.45) is 6.67. The molecule has 2 aromatic rings. The molecule has 0 bridgehead atoms. The van der Waals surface area contributed by atoms with Gasteiger partial charge in [-0.3, -0.25) is 0 Å². The van der Waals surface area contributed by atoms with Gasteiger partial charge in [-0.2, -0.15) is 10.1 Å². The fourth-order valence-corrected chi connectivity index (χ4v) is 2.93. The van der Waals surface area contributed by atoms with Gasteiger partial charge in [0, 0.05) is 18.8 Å². The van der Waals surface area contributed by atoms with Crippen LogP contribution in [0, 0.1) is 0 Å². The second-order valence-corrected chi connectivity index (χ2v) is 5.92. The second-order valence-electron chi connectivity index (χ2n) is 5.51. The normalized spacial score (nSPS) is 15.1. The minimum Gasteiger partial charge on any atom is -0.495 e. The number of nitrogens with one attached hydrogen (secondary N) is 1. The zero-order chi connectivity index (χ0) is 16.1. The maximum Gasteiger partial charge on any atom is 0.249 e. The zero-order valence-electron chi connectivity index (χ0n) is 13.1. The van der Waals surface area contributed by atoms with Gasteiger partial charge in [0.25, 0.3) is 0 Å². The Balaban J connectivity index is 1.75. The summed E-state index contributed by atoms with van der Waals surface area (Å²) in [5, 5.41) is 11.8. The highest BCUT2D eigenvalue weighted by molar-refractivity contribution is 6.32. The van der Waals surface area contributed by atoms with Crippen LogP contribution in [-0.2, 0) is 0 Å². The molecular weight excluding hydrogens is 314 g/mol. The molecule has 0 spiro atoms. The standard InChI is InChI=1S/C16H20ClN5O/c1-23-14-7-6-12(10-13(14)17)19-16-20-15(11-18-21-16)22-8-4-2-3-5-9-22/h6-7,10-11H,2-5,8-9H2,1H3,(H,19,20,21). The third-order valence-corrected chi connectivity index (χ3v) is 4.18. The van der Waals surface area contributed by atoms with E-state index in [1.165, 1.54) is 25.7 Å². The number of benzene rings is 1. The molecule has 122 valence electrons. The number of anilines is 3. The van der Waals surface area contributed by atoms with Crippen LogP contribution in [0.5, 0.6) is 5.75 Å². The van der Waals surface area contributed by atoms with Gasteiger partial charge in [-0.25, -0.2) is 0 Å². The molecule has 3 rings (SSSR count). The van der Waals surface area contributed by atoms with E-state index in [0.717, 1.165) is 24.6 Å². The van der Waals surface area contributed by atoms with E-state index in [4.69, 9.17) is 16.3 Å². The number of nitrogens with zero attached hydrogens (tertiary/aromatic N) is 4. The average molecular weight is 334 g/mol. The number of hydrogen-bond acceptors (Lipinski definition) is 6. The molecule has 2 heterocycles. The van der Waals surface area contributed by atoms with Crippen LogP contribution in [0.15, 0.2) is 24.4 Å². The maximum atomic E-state index is 6.14. The molecule has 23 heavy (non-hydrogen) atoms. The summed E-state index contributed by atoms with van der Waals surface area (Å²) in [4.78, 5) is 6.84. The Morgan fingerprint density at radius 2 is 1.96 bits per heavy atom. The lowest BCUT2D eigenvalue weighted by Crippen LogP contribution is -2.25. The van der Waals surface area contributed by atoms with E-state index in [9.17, 15) is 0 Å². The van der Waals surface area contributed by atoms with Crippen molar-refractivity contribution in [3.05, 3.63) is 29.4 Å². The van der Waals surface area contributed by atoms with Crippen LogP contribution in [0.2, 0.25) is 5.02 Å². The van der Waals surface area contributed by atoms with Crippen LogP contribution in [0.25, 0.3) is 0 Å². The lowest BCUT2D eigenvalue weighted by molar-refractivity contribution is 0.415. The molecular formula is C16H20ClN5O. The SMILES string of the molecule is COc1ccc(Nc2nncc(N3CCCCCC3)n2)cc1Cl. The Morgan fingerprint density at radius 3 is 2.65 bits per heavy atom. The van der Waals surface area contributed by atoms with Gasteiger partial charge in [-0.05, 0) is 31.0 Å². The Bertz CT molecular complexity index is 659. The zero-order valence-corrected chi connectivity index (χ0v) is 13.9. The van der Waals surface area contributed by atoms with Crippen LogP contribution in [0.1, 0.15) is 25.7 Å². The first-order chi connectivity index (χ1) is 11.3. The van der Waals surface area contributed by atoms with Crippen molar-refractivity contribution in [1.29, 1.82) is 0 Å². The fourth-order valence-electron chi connectivity index (χ4n) is 2.67. The molecule has 0 atom stereocenters. The van der Waals surface area contributed by atoms with Crippen LogP contribution in [-0.4, -0.2) is 35.4 Å². The quantitative estimate of drug-likeness (QED) is 0.921. The molecule has 1 aromatic carbocycles. The highest BCUT2D eigenvalue weighted by Gasteiger charge is 2.13. The third kappa shape index (κ3) is 4.01. The first kappa shape index (κ1) is 15.8. The van der Waals surface area contributed by atoms with E-state index in [-0.39, 0.29) is 0 Å².